The number of furan rings is 1. The van der Waals surface area contributed by atoms with Crippen molar-refractivity contribution in [2.24, 2.45) is 0 Å². The van der Waals surface area contributed by atoms with Gasteiger partial charge in [0, 0.05) is 13.5 Å². The molecule has 0 saturated heterocycles. The molecule has 8 heteroatoms. The van der Waals surface area contributed by atoms with Crippen molar-refractivity contribution in [3.8, 4) is 0 Å². The third-order valence-electron chi connectivity index (χ3n) is 4.77. The van der Waals surface area contributed by atoms with Crippen molar-refractivity contribution in [1.82, 2.24) is 10.2 Å². The lowest BCUT2D eigenvalue weighted by atomic mass is 10.0. The van der Waals surface area contributed by atoms with Crippen LogP contribution >= 0.6 is 11.3 Å². The first-order valence-electron chi connectivity index (χ1n) is 9.70. The number of hydrogen-bond acceptors (Lipinski definition) is 6. The average molecular weight is 441 g/mol. The molecular weight excluding hydrogens is 416 g/mol. The van der Waals surface area contributed by atoms with Crippen LogP contribution in [0.5, 0.6) is 0 Å². The van der Waals surface area contributed by atoms with Gasteiger partial charge in [0.2, 0.25) is 5.91 Å². The molecule has 3 aromatic rings. The molecule has 0 fully saturated rings. The number of esters is 1. The Hall–Kier alpha value is -3.39. The van der Waals surface area contributed by atoms with Crippen molar-refractivity contribution in [2.45, 2.75) is 25.9 Å². The number of likely N-dealkylation sites (N-methyl/N-ethyl adjacent to an activating group) is 1. The minimum absolute atomic E-state index is 0.150. The van der Waals surface area contributed by atoms with Gasteiger partial charge < -0.3 is 19.4 Å². The van der Waals surface area contributed by atoms with Crippen LogP contribution in [-0.2, 0) is 22.5 Å². The Bertz CT molecular complexity index is 1040. The molecule has 0 saturated carbocycles. The summed E-state index contributed by atoms with van der Waals surface area (Å²) in [5.41, 5.74) is 1.26. The van der Waals surface area contributed by atoms with Crippen LogP contribution in [0.25, 0.3) is 0 Å². The Morgan fingerprint density at radius 2 is 1.90 bits per heavy atom. The maximum atomic E-state index is 13.2. The van der Waals surface area contributed by atoms with Gasteiger partial charge in [0.15, 0.2) is 0 Å². The predicted octanol–water partition coefficient (Wildman–Crippen LogP) is 3.44. The van der Waals surface area contributed by atoms with Gasteiger partial charge in [-0.1, -0.05) is 36.4 Å². The van der Waals surface area contributed by atoms with Crippen LogP contribution < -0.4 is 5.32 Å². The van der Waals surface area contributed by atoms with Crippen LogP contribution in [0, 0.1) is 6.92 Å². The zero-order chi connectivity index (χ0) is 22.4. The highest BCUT2D eigenvalue weighted by Crippen LogP contribution is 2.18. The summed E-state index contributed by atoms with van der Waals surface area (Å²) < 4.78 is 10.4. The molecule has 1 atom stereocenters. The molecule has 0 aliphatic rings. The van der Waals surface area contributed by atoms with E-state index in [0.29, 0.717) is 28.4 Å². The number of thiophene rings is 1. The normalized spacial score (nSPS) is 11.6. The number of ether oxygens (including phenoxy) is 1. The second-order valence-electron chi connectivity index (χ2n) is 7.06. The van der Waals surface area contributed by atoms with E-state index in [4.69, 9.17) is 9.15 Å². The van der Waals surface area contributed by atoms with Gasteiger partial charge in [-0.2, -0.15) is 0 Å². The quantitative estimate of drug-likeness (QED) is 0.542. The van der Waals surface area contributed by atoms with E-state index in [9.17, 15) is 14.4 Å². The SMILES string of the molecule is COC(=O)c1cc(CN(C)C(=O)[C@H](Cc2ccccc2)NC(=O)c2cccs2)oc1C. The zero-order valence-electron chi connectivity index (χ0n) is 17.6. The van der Waals surface area contributed by atoms with Gasteiger partial charge in [0.1, 0.15) is 23.1 Å². The van der Waals surface area contributed by atoms with Crippen LogP contribution in [0.4, 0.5) is 0 Å². The van der Waals surface area contributed by atoms with E-state index < -0.39 is 12.0 Å². The molecule has 0 radical (unpaired) electrons. The summed E-state index contributed by atoms with van der Waals surface area (Å²) in [6.45, 7) is 1.81. The van der Waals surface area contributed by atoms with Gasteiger partial charge in [0.05, 0.1) is 18.5 Å². The fourth-order valence-electron chi connectivity index (χ4n) is 3.20. The highest BCUT2D eigenvalue weighted by atomic mass is 32.1. The number of hydrogen-bond donors (Lipinski definition) is 1. The van der Waals surface area contributed by atoms with E-state index in [1.165, 1.54) is 23.3 Å². The number of rotatable bonds is 8. The van der Waals surface area contributed by atoms with Crippen molar-refractivity contribution >= 4 is 29.1 Å². The number of carbonyl (C=O) groups is 3. The highest BCUT2D eigenvalue weighted by molar-refractivity contribution is 7.12. The largest absolute Gasteiger partial charge is 0.465 e. The monoisotopic (exact) mass is 440 g/mol. The first kappa shape index (κ1) is 22.3. The number of aryl methyl sites for hydroxylation is 1. The summed E-state index contributed by atoms with van der Waals surface area (Å²) in [5, 5.41) is 4.67. The van der Waals surface area contributed by atoms with Gasteiger partial charge in [0.25, 0.3) is 5.91 Å². The zero-order valence-corrected chi connectivity index (χ0v) is 18.4. The van der Waals surface area contributed by atoms with Crippen LogP contribution in [0.1, 0.15) is 37.1 Å². The van der Waals surface area contributed by atoms with E-state index in [0.717, 1.165) is 5.56 Å². The van der Waals surface area contributed by atoms with Gasteiger partial charge in [-0.15, -0.1) is 11.3 Å². The van der Waals surface area contributed by atoms with E-state index in [-0.39, 0.29) is 18.4 Å². The van der Waals surface area contributed by atoms with Crippen LogP contribution in [0.15, 0.2) is 58.3 Å². The summed E-state index contributed by atoms with van der Waals surface area (Å²) in [7, 11) is 2.93. The lowest BCUT2D eigenvalue weighted by Gasteiger charge is -2.24. The van der Waals surface area contributed by atoms with Gasteiger partial charge in [-0.3, -0.25) is 9.59 Å². The van der Waals surface area contributed by atoms with Crippen molar-refractivity contribution in [1.29, 1.82) is 0 Å². The minimum atomic E-state index is -0.752. The molecule has 0 aliphatic carbocycles. The van der Waals surface area contributed by atoms with E-state index in [2.05, 4.69) is 5.32 Å². The Kier molecular flexibility index (Phi) is 7.25. The Morgan fingerprint density at radius 1 is 1.16 bits per heavy atom. The molecule has 0 bridgehead atoms. The summed E-state index contributed by atoms with van der Waals surface area (Å²) in [6.07, 6.45) is 0.353. The Morgan fingerprint density at radius 3 is 2.55 bits per heavy atom. The van der Waals surface area contributed by atoms with Crippen molar-refractivity contribution < 1.29 is 23.5 Å². The van der Waals surface area contributed by atoms with Crippen LogP contribution in [0.2, 0.25) is 0 Å². The molecule has 0 spiro atoms. The van der Waals surface area contributed by atoms with E-state index in [1.807, 2.05) is 35.7 Å². The second kappa shape index (κ2) is 10.1. The average Bonchev–Trinajstić information content (AvgIpc) is 3.43. The Balaban J connectivity index is 1.76. The highest BCUT2D eigenvalue weighted by Gasteiger charge is 2.26. The molecule has 1 N–H and O–H groups in total. The standard InChI is InChI=1S/C23H24N2O5S/c1-15-18(23(28)29-3)13-17(30-15)14-25(2)22(27)19(12-16-8-5-4-6-9-16)24-21(26)20-10-7-11-31-20/h4-11,13,19H,12,14H2,1-3H3,(H,24,26)/t19-/m0/s1. The Labute approximate surface area is 184 Å². The molecule has 7 nitrogen and oxygen atoms in total. The maximum Gasteiger partial charge on any atom is 0.341 e. The summed E-state index contributed by atoms with van der Waals surface area (Å²) in [4.78, 5) is 39.6. The van der Waals surface area contributed by atoms with Crippen LogP contribution in [0.3, 0.4) is 0 Å². The molecular formula is C23H24N2O5S. The summed E-state index contributed by atoms with van der Waals surface area (Å²) in [6, 6.07) is 13.8. The smallest absolute Gasteiger partial charge is 0.341 e. The molecule has 3 rings (SSSR count). The predicted molar refractivity (Wildman–Crippen MR) is 117 cm³/mol. The molecule has 1 aromatic carbocycles. The lowest BCUT2D eigenvalue weighted by Crippen LogP contribution is -2.48. The second-order valence-corrected chi connectivity index (χ2v) is 8.01. The van der Waals surface area contributed by atoms with Crippen molar-refractivity contribution in [2.75, 3.05) is 14.2 Å². The lowest BCUT2D eigenvalue weighted by molar-refractivity contribution is -0.132. The number of carbonyl (C=O) groups excluding carboxylic acids is 3. The maximum absolute atomic E-state index is 13.2. The topological polar surface area (TPSA) is 88.9 Å². The van der Waals surface area contributed by atoms with E-state index in [1.54, 1.807) is 32.2 Å². The van der Waals surface area contributed by atoms with Gasteiger partial charge in [-0.25, -0.2) is 4.79 Å². The van der Waals surface area contributed by atoms with E-state index >= 15 is 0 Å². The fourth-order valence-corrected chi connectivity index (χ4v) is 3.83. The minimum Gasteiger partial charge on any atom is -0.465 e. The fraction of sp³-hybridized carbons (Fsp3) is 0.261. The molecule has 2 aromatic heterocycles. The molecule has 0 unspecified atom stereocenters. The first-order valence-corrected chi connectivity index (χ1v) is 10.6. The molecule has 31 heavy (non-hydrogen) atoms. The number of amides is 2. The molecule has 2 amide bonds. The number of nitrogens with one attached hydrogen (secondary N) is 1. The van der Waals surface area contributed by atoms with Crippen molar-refractivity contribution in [3.05, 3.63) is 81.4 Å². The molecule has 2 heterocycles. The molecule has 162 valence electrons. The summed E-state index contributed by atoms with van der Waals surface area (Å²) in [5.74, 6) is -0.167. The number of benzene rings is 1. The third-order valence-corrected chi connectivity index (χ3v) is 5.64. The van der Waals surface area contributed by atoms with Crippen LogP contribution in [-0.4, -0.2) is 42.9 Å². The molecule has 0 aliphatic heterocycles. The van der Waals surface area contributed by atoms with Gasteiger partial charge >= 0.3 is 5.97 Å². The number of methoxy groups -OCH3 is 1. The van der Waals surface area contributed by atoms with Crippen molar-refractivity contribution in [3.63, 3.8) is 0 Å². The third kappa shape index (κ3) is 5.61. The number of nitrogens with zero attached hydrogens (tertiary/aromatic N) is 1. The van der Waals surface area contributed by atoms with Gasteiger partial charge in [-0.05, 0) is 30.0 Å². The first-order chi connectivity index (χ1) is 14.9. The summed E-state index contributed by atoms with van der Waals surface area (Å²) >= 11 is 1.32.